The van der Waals surface area contributed by atoms with Gasteiger partial charge in [-0.25, -0.2) is 18.4 Å². The number of benzene rings is 2. The van der Waals surface area contributed by atoms with Crippen LogP contribution in [0.15, 0.2) is 53.4 Å². The number of esters is 1. The average Bonchev–Trinajstić information content (AvgIpc) is 2.72. The Morgan fingerprint density at radius 3 is 2.39 bits per heavy atom. The van der Waals surface area contributed by atoms with Crippen LogP contribution in [0, 0.1) is 0 Å². The van der Waals surface area contributed by atoms with Gasteiger partial charge in [-0.2, -0.15) is 0 Å². The molecule has 31 heavy (non-hydrogen) atoms. The van der Waals surface area contributed by atoms with Crippen molar-refractivity contribution in [3.8, 4) is 11.5 Å². The zero-order valence-electron chi connectivity index (χ0n) is 17.3. The lowest BCUT2D eigenvalue weighted by atomic mass is 10.2. The highest BCUT2D eigenvalue weighted by Crippen LogP contribution is 2.28. The number of sulfonamides is 1. The third kappa shape index (κ3) is 7.12. The number of anilines is 1. The summed E-state index contributed by atoms with van der Waals surface area (Å²) in [7, 11) is -2.31. The van der Waals surface area contributed by atoms with Gasteiger partial charge in [0.15, 0.2) is 17.6 Å². The molecule has 0 bridgehead atoms. The molecule has 2 rings (SSSR count). The van der Waals surface area contributed by atoms with E-state index in [0.29, 0.717) is 29.4 Å². The summed E-state index contributed by atoms with van der Waals surface area (Å²) in [4.78, 5) is 24.2. The number of carbonyl (C=O) groups is 2. The smallest absolute Gasteiger partial charge is 0.331 e. The molecule has 0 heterocycles. The maximum absolute atomic E-state index is 12.2. The average molecular weight is 448 g/mol. The van der Waals surface area contributed by atoms with Crippen molar-refractivity contribution in [2.24, 2.45) is 5.14 Å². The highest BCUT2D eigenvalue weighted by Gasteiger charge is 2.17. The first-order valence-electron chi connectivity index (χ1n) is 9.27. The van der Waals surface area contributed by atoms with Crippen LogP contribution in [-0.2, 0) is 24.3 Å². The number of nitrogens with two attached hydrogens (primary N) is 1. The van der Waals surface area contributed by atoms with Crippen LogP contribution in [0.5, 0.6) is 11.5 Å². The van der Waals surface area contributed by atoms with Crippen molar-refractivity contribution in [2.45, 2.75) is 24.8 Å². The van der Waals surface area contributed by atoms with Gasteiger partial charge in [0.05, 0.1) is 18.6 Å². The number of carbonyl (C=O) groups excluding carboxylic acids is 2. The Balaban J connectivity index is 1.94. The number of hydrogen-bond acceptors (Lipinski definition) is 7. The summed E-state index contributed by atoms with van der Waals surface area (Å²) in [5, 5.41) is 7.55. The lowest BCUT2D eigenvalue weighted by Gasteiger charge is -2.12. The number of nitrogens with one attached hydrogen (secondary N) is 1. The lowest BCUT2D eigenvalue weighted by molar-refractivity contribution is -0.148. The Morgan fingerprint density at radius 2 is 1.81 bits per heavy atom. The summed E-state index contributed by atoms with van der Waals surface area (Å²) < 4.78 is 38.3. The normalized spacial score (nSPS) is 12.3. The fraction of sp³-hybridized carbons (Fsp3) is 0.238. The SMILES string of the molecule is CCOc1ccc(/C=C/C(=O)OC(C)C(=O)Nc2ccc(S(N)(=O)=O)cc2)cc1OC. The number of methoxy groups -OCH3 is 1. The van der Waals surface area contributed by atoms with E-state index < -0.39 is 28.0 Å². The van der Waals surface area contributed by atoms with E-state index in [9.17, 15) is 18.0 Å². The van der Waals surface area contributed by atoms with Gasteiger partial charge in [0, 0.05) is 11.8 Å². The summed E-state index contributed by atoms with van der Waals surface area (Å²) in [6.07, 6.45) is 1.64. The van der Waals surface area contributed by atoms with Crippen LogP contribution < -0.4 is 19.9 Å². The molecule has 2 aromatic rings. The molecule has 1 unspecified atom stereocenters. The monoisotopic (exact) mass is 448 g/mol. The van der Waals surface area contributed by atoms with Gasteiger partial charge < -0.3 is 19.5 Å². The molecule has 2 aromatic carbocycles. The molecule has 1 atom stereocenters. The summed E-state index contributed by atoms with van der Waals surface area (Å²) >= 11 is 0. The van der Waals surface area contributed by atoms with Gasteiger partial charge in [-0.05, 0) is 61.9 Å². The number of ether oxygens (including phenoxy) is 3. The highest BCUT2D eigenvalue weighted by molar-refractivity contribution is 7.89. The molecule has 0 spiro atoms. The van der Waals surface area contributed by atoms with Gasteiger partial charge in [-0.1, -0.05) is 6.07 Å². The van der Waals surface area contributed by atoms with Gasteiger partial charge in [0.1, 0.15) is 0 Å². The molecule has 0 saturated carbocycles. The predicted molar refractivity (Wildman–Crippen MR) is 115 cm³/mol. The fourth-order valence-corrected chi connectivity index (χ4v) is 2.98. The van der Waals surface area contributed by atoms with Crippen LogP contribution in [0.3, 0.4) is 0 Å². The minimum Gasteiger partial charge on any atom is -0.493 e. The first-order chi connectivity index (χ1) is 14.6. The van der Waals surface area contributed by atoms with Crippen LogP contribution >= 0.6 is 0 Å². The number of hydrogen-bond donors (Lipinski definition) is 2. The molecule has 0 aliphatic carbocycles. The van der Waals surface area contributed by atoms with Crippen molar-refractivity contribution in [1.29, 1.82) is 0 Å². The van der Waals surface area contributed by atoms with Crippen LogP contribution in [0.25, 0.3) is 6.08 Å². The molecule has 0 aliphatic heterocycles. The van der Waals surface area contributed by atoms with E-state index in [1.165, 1.54) is 50.5 Å². The second-order valence-corrected chi connectivity index (χ2v) is 7.88. The first-order valence-corrected chi connectivity index (χ1v) is 10.8. The third-order valence-electron chi connectivity index (χ3n) is 4.01. The maximum Gasteiger partial charge on any atom is 0.331 e. The van der Waals surface area contributed by atoms with E-state index >= 15 is 0 Å². The van der Waals surface area contributed by atoms with Crippen molar-refractivity contribution in [3.63, 3.8) is 0 Å². The summed E-state index contributed by atoms with van der Waals surface area (Å²) in [5.74, 6) is -0.168. The molecule has 9 nitrogen and oxygen atoms in total. The van der Waals surface area contributed by atoms with Gasteiger partial charge in [0.25, 0.3) is 5.91 Å². The van der Waals surface area contributed by atoms with Crippen LogP contribution in [-0.4, -0.2) is 40.1 Å². The minimum absolute atomic E-state index is 0.0824. The first kappa shape index (κ1) is 23.9. The largest absolute Gasteiger partial charge is 0.493 e. The molecule has 3 N–H and O–H groups in total. The third-order valence-corrected chi connectivity index (χ3v) is 4.94. The van der Waals surface area contributed by atoms with Gasteiger partial charge in [-0.3, -0.25) is 4.79 Å². The highest BCUT2D eigenvalue weighted by atomic mass is 32.2. The molecule has 0 fully saturated rings. The Kier molecular flexibility index (Phi) is 8.17. The van der Waals surface area contributed by atoms with Crippen molar-refractivity contribution in [2.75, 3.05) is 19.0 Å². The molecule has 0 aliphatic rings. The van der Waals surface area contributed by atoms with E-state index in [-0.39, 0.29) is 4.90 Å². The van der Waals surface area contributed by atoms with Crippen molar-refractivity contribution in [1.82, 2.24) is 0 Å². The molecule has 0 aromatic heterocycles. The second kappa shape index (κ2) is 10.6. The fourth-order valence-electron chi connectivity index (χ4n) is 2.47. The molecule has 0 saturated heterocycles. The van der Waals surface area contributed by atoms with Gasteiger partial charge in [0.2, 0.25) is 10.0 Å². The molecular formula is C21H24N2O7S. The number of primary sulfonamides is 1. The number of amides is 1. The molecule has 166 valence electrons. The van der Waals surface area contributed by atoms with Gasteiger partial charge >= 0.3 is 5.97 Å². The summed E-state index contributed by atoms with van der Waals surface area (Å²) in [5.41, 5.74) is 1.02. The van der Waals surface area contributed by atoms with Gasteiger partial charge in [-0.15, -0.1) is 0 Å². The lowest BCUT2D eigenvalue weighted by Crippen LogP contribution is -2.29. The molecule has 0 radical (unpaired) electrons. The van der Waals surface area contributed by atoms with Crippen molar-refractivity contribution in [3.05, 3.63) is 54.1 Å². The zero-order valence-corrected chi connectivity index (χ0v) is 18.1. The Morgan fingerprint density at radius 1 is 1.13 bits per heavy atom. The minimum atomic E-state index is -3.82. The van der Waals surface area contributed by atoms with E-state index in [2.05, 4.69) is 5.32 Å². The van der Waals surface area contributed by atoms with Crippen LogP contribution in [0.1, 0.15) is 19.4 Å². The van der Waals surface area contributed by atoms with E-state index in [0.717, 1.165) is 0 Å². The maximum atomic E-state index is 12.2. The Bertz CT molecular complexity index is 1060. The quantitative estimate of drug-likeness (QED) is 0.444. The van der Waals surface area contributed by atoms with Crippen LogP contribution in [0.2, 0.25) is 0 Å². The molecular weight excluding hydrogens is 424 g/mol. The zero-order chi connectivity index (χ0) is 23.0. The predicted octanol–water partition coefficient (Wildman–Crippen LogP) is 2.32. The Labute approximate surface area is 180 Å². The number of rotatable bonds is 9. The standard InChI is InChI=1S/C21H24N2O7S/c1-4-29-18-11-5-15(13-19(18)28-3)6-12-20(24)30-14(2)21(25)23-16-7-9-17(10-8-16)31(22,26)27/h5-14H,4H2,1-3H3,(H,23,25)(H2,22,26,27)/b12-6+. The molecule has 10 heteroatoms. The van der Waals surface area contributed by atoms with Crippen molar-refractivity contribution < 1.29 is 32.2 Å². The Hall–Kier alpha value is -3.37. The second-order valence-electron chi connectivity index (χ2n) is 6.31. The van der Waals surface area contributed by atoms with Crippen LogP contribution in [0.4, 0.5) is 5.69 Å². The van der Waals surface area contributed by atoms with E-state index in [1.54, 1.807) is 18.2 Å². The van der Waals surface area contributed by atoms with E-state index in [1.807, 2.05) is 6.92 Å². The topological polar surface area (TPSA) is 134 Å². The summed E-state index contributed by atoms with van der Waals surface area (Å²) in [6, 6.07) is 10.5. The van der Waals surface area contributed by atoms with E-state index in [4.69, 9.17) is 19.3 Å². The molecule has 1 amide bonds. The van der Waals surface area contributed by atoms with Crippen molar-refractivity contribution >= 4 is 33.7 Å². The summed E-state index contributed by atoms with van der Waals surface area (Å²) in [6.45, 7) is 3.77.